The lowest BCUT2D eigenvalue weighted by Crippen LogP contribution is -3.00. The van der Waals surface area contributed by atoms with E-state index in [1.165, 1.54) is 14.2 Å². The fourth-order valence-corrected chi connectivity index (χ4v) is 10.8. The molecular weight excluding hydrogens is 1040 g/mol. The number of benzene rings is 4. The van der Waals surface area contributed by atoms with Crippen LogP contribution in [0.2, 0.25) is 0 Å². The van der Waals surface area contributed by atoms with E-state index >= 15 is 0 Å². The minimum atomic E-state index is -5.21. The maximum atomic E-state index is 14.8. The summed E-state index contributed by atoms with van der Waals surface area (Å²) in [6.07, 6.45) is -11.8. The number of unbranched alkanes of at least 4 members (excludes halogenated alkanes) is 6. The van der Waals surface area contributed by atoms with E-state index in [-0.39, 0.29) is 75.4 Å². The molecule has 0 aliphatic carbocycles. The number of methoxy groups -OCH3 is 2. The highest BCUT2D eigenvalue weighted by molar-refractivity contribution is 5.91. The molecule has 5 rings (SSSR count). The third-order valence-corrected chi connectivity index (χ3v) is 15.0. The Balaban J connectivity index is 0.0000116. The van der Waals surface area contributed by atoms with Gasteiger partial charge in [-0.2, -0.15) is 52.7 Å². The Kier molecular flexibility index (Phi) is 18.9. The predicted octanol–water partition coefficient (Wildman–Crippen LogP) is 16.2. The fraction of sp³-hybridized carbons (Fsp3) is 0.579. The molecule has 0 saturated carbocycles. The number of nitrogens with zero attached hydrogens (tertiary/aromatic N) is 1. The third kappa shape index (κ3) is 13.6. The van der Waals surface area contributed by atoms with Gasteiger partial charge in [-0.05, 0) is 101 Å². The Morgan fingerprint density at radius 2 is 0.781 bits per heavy atom. The van der Waals surface area contributed by atoms with Crippen molar-refractivity contribution in [2.75, 3.05) is 21.3 Å². The molecule has 1 aliphatic heterocycles. The first kappa shape index (κ1) is 61.6. The van der Waals surface area contributed by atoms with Gasteiger partial charge in [-0.25, -0.2) is 0 Å². The molecule has 0 bridgehead atoms. The van der Waals surface area contributed by atoms with E-state index in [2.05, 4.69) is 27.7 Å². The molecule has 4 aromatic carbocycles. The van der Waals surface area contributed by atoms with Crippen LogP contribution in [0.25, 0.3) is 33.4 Å². The topological polar surface area (TPSA) is 18.5 Å². The van der Waals surface area contributed by atoms with Crippen LogP contribution in [0.4, 0.5) is 52.7 Å². The first-order chi connectivity index (χ1) is 33.0. The summed E-state index contributed by atoms with van der Waals surface area (Å²) in [7, 11) is 4.52. The monoisotopic (exact) mass is 1110 g/mol. The van der Waals surface area contributed by atoms with Gasteiger partial charge < -0.3 is 30.9 Å². The van der Waals surface area contributed by atoms with Crippen LogP contribution in [-0.4, -0.2) is 31.8 Å². The second kappa shape index (κ2) is 22.3. The van der Waals surface area contributed by atoms with Crippen LogP contribution in [0.5, 0.6) is 11.5 Å². The Morgan fingerprint density at radius 3 is 1.03 bits per heavy atom. The van der Waals surface area contributed by atoms with Crippen molar-refractivity contribution in [2.24, 2.45) is 5.41 Å². The molecule has 0 aromatic heterocycles. The molecule has 4 aromatic rings. The van der Waals surface area contributed by atoms with Crippen molar-refractivity contribution in [3.63, 3.8) is 0 Å². The van der Waals surface area contributed by atoms with Gasteiger partial charge in [0.25, 0.3) is 0 Å². The molecule has 0 spiro atoms. The van der Waals surface area contributed by atoms with E-state index in [1.807, 2.05) is 7.05 Å². The van der Waals surface area contributed by atoms with Crippen molar-refractivity contribution >= 4 is 0 Å². The van der Waals surface area contributed by atoms with E-state index in [1.54, 1.807) is 53.7 Å². The Labute approximate surface area is 434 Å². The molecule has 0 fully saturated rings. The highest BCUT2D eigenvalue weighted by atomic mass is 79.9. The van der Waals surface area contributed by atoms with E-state index in [0.29, 0.717) is 57.6 Å². The number of fused-ring (bicyclic) bond motifs is 3. The highest BCUT2D eigenvalue weighted by Gasteiger charge is 2.48. The van der Waals surface area contributed by atoms with Crippen LogP contribution in [0, 0.1) is 5.41 Å². The van der Waals surface area contributed by atoms with E-state index in [0.717, 1.165) is 64.2 Å². The van der Waals surface area contributed by atoms with Crippen molar-refractivity contribution in [3.8, 4) is 44.9 Å². The zero-order chi connectivity index (χ0) is 54.4. The normalized spacial score (nSPS) is 15.0. The fourth-order valence-electron chi connectivity index (χ4n) is 10.8. The van der Waals surface area contributed by atoms with Gasteiger partial charge in [0.15, 0.2) is 0 Å². The van der Waals surface area contributed by atoms with Gasteiger partial charge in [0, 0.05) is 38.8 Å². The lowest BCUT2D eigenvalue weighted by atomic mass is 9.72. The molecule has 73 heavy (non-hydrogen) atoms. The second-order valence-electron chi connectivity index (χ2n) is 22.6. The van der Waals surface area contributed by atoms with Gasteiger partial charge in [-0.1, -0.05) is 114 Å². The number of hydrogen-bond acceptors (Lipinski definition) is 2. The van der Waals surface area contributed by atoms with Crippen molar-refractivity contribution in [1.82, 2.24) is 0 Å². The molecule has 0 saturated heterocycles. The van der Waals surface area contributed by atoms with Crippen LogP contribution in [0.15, 0.2) is 48.5 Å². The van der Waals surface area contributed by atoms with E-state index in [9.17, 15) is 52.7 Å². The van der Waals surface area contributed by atoms with Gasteiger partial charge in [0.1, 0.15) is 24.6 Å². The number of hydrogen-bond donors (Lipinski definition) is 0. The number of ether oxygens (including phenoxy) is 2. The minimum Gasteiger partial charge on any atom is -1.00 e. The third-order valence-electron chi connectivity index (χ3n) is 15.0. The van der Waals surface area contributed by atoms with Crippen LogP contribution in [0.3, 0.4) is 0 Å². The van der Waals surface area contributed by atoms with E-state index in [4.69, 9.17) is 9.47 Å². The molecule has 0 unspecified atom stereocenters. The predicted molar refractivity (Wildman–Crippen MR) is 262 cm³/mol. The summed E-state index contributed by atoms with van der Waals surface area (Å²) in [5.41, 5.74) is -7.21. The Hall–Kier alpha value is -3.92. The SMILES string of the molecule is CCCCCCC(C)(CCCCCC)[C@H](C)[N+]1(C)Cc2c(cc(C(C)(C)C)c(OC)c2-c2cc(C(F)(F)F)cc(C(F)(F)F)c2)-c2cc(C(C)(C)C)c(OC)c(-c3cc(C(F)(F)F)cc(C(F)(F)F)c3)c2C1.[Br-]. The molecule has 3 nitrogen and oxygen atoms in total. The van der Waals surface area contributed by atoms with Gasteiger partial charge >= 0.3 is 24.7 Å². The summed E-state index contributed by atoms with van der Waals surface area (Å²) < 4.78 is 190. The van der Waals surface area contributed by atoms with Crippen LogP contribution >= 0.6 is 0 Å². The van der Waals surface area contributed by atoms with Crippen LogP contribution in [0.1, 0.15) is 178 Å². The highest BCUT2D eigenvalue weighted by Crippen LogP contribution is 2.56. The lowest BCUT2D eigenvalue weighted by molar-refractivity contribution is -0.963. The summed E-state index contributed by atoms with van der Waals surface area (Å²) in [4.78, 5) is 0. The van der Waals surface area contributed by atoms with Gasteiger partial charge in [-0.3, -0.25) is 0 Å². The average Bonchev–Trinajstić information content (AvgIpc) is 3.39. The summed E-state index contributed by atoms with van der Waals surface area (Å²) in [5, 5.41) is 0. The first-order valence-corrected chi connectivity index (χ1v) is 24.9. The van der Waals surface area contributed by atoms with Crippen molar-refractivity contribution in [3.05, 3.63) is 93.0 Å². The average molecular weight is 1110 g/mol. The molecule has 1 atom stereocenters. The number of quaternary nitrogens is 1. The maximum Gasteiger partial charge on any atom is 0.416 e. The molecular formula is C57H72BrF12NO2. The molecule has 1 heterocycles. The quantitative estimate of drug-likeness (QED) is 0.0632. The van der Waals surface area contributed by atoms with Gasteiger partial charge in [-0.15, -0.1) is 0 Å². The zero-order valence-electron chi connectivity index (χ0n) is 44.4. The molecule has 1 aliphatic rings. The molecule has 408 valence electrons. The summed E-state index contributed by atoms with van der Waals surface area (Å²) >= 11 is 0. The smallest absolute Gasteiger partial charge is 0.416 e. The summed E-state index contributed by atoms with van der Waals surface area (Å²) in [6.45, 7) is 19.2. The van der Waals surface area contributed by atoms with E-state index < -0.39 is 74.3 Å². The van der Waals surface area contributed by atoms with Gasteiger partial charge in [0.2, 0.25) is 0 Å². The maximum absolute atomic E-state index is 14.8. The van der Waals surface area contributed by atoms with Crippen molar-refractivity contribution in [2.45, 2.75) is 188 Å². The van der Waals surface area contributed by atoms with Crippen molar-refractivity contribution in [1.29, 1.82) is 0 Å². The Bertz CT molecular complexity index is 2330. The standard InChI is InChI=1S/C57H72F12NO2.BrH/c1-14-16-18-20-22-53(10,23-21-19-17-15-2)34(3)70(11)32-43-41(30-45(51(4,5)6)49(71-12)47(43)35-24-37(54(58,59)60)28-38(25-35)55(61,62)63)42-31-46(52(7,8)9)50(72-13)48(44(42)33-70)36-26-39(56(64,65)66)29-40(27-36)57(67,68)69;/h24-31,34H,14-23,32-33H2,1-13H3;1H/q+1;/p-1/t34-;/m0./s1. The number of alkyl halides is 12. The molecule has 16 heteroatoms. The molecule has 0 N–H and O–H groups in total. The van der Waals surface area contributed by atoms with Crippen LogP contribution in [-0.2, 0) is 48.6 Å². The lowest BCUT2D eigenvalue weighted by Gasteiger charge is -2.49. The summed E-state index contributed by atoms with van der Waals surface area (Å²) in [6, 6.07) is 6.07. The Morgan fingerprint density at radius 1 is 0.479 bits per heavy atom. The summed E-state index contributed by atoms with van der Waals surface area (Å²) in [5.74, 6) is 0.0754. The minimum absolute atomic E-state index is 0. The first-order valence-electron chi connectivity index (χ1n) is 24.9. The zero-order valence-corrected chi connectivity index (χ0v) is 45.9. The number of halogens is 13. The second-order valence-corrected chi connectivity index (χ2v) is 22.6. The van der Waals surface area contributed by atoms with Crippen molar-refractivity contribution < 1.29 is 83.6 Å². The van der Waals surface area contributed by atoms with Gasteiger partial charge in [0.05, 0.1) is 49.6 Å². The largest absolute Gasteiger partial charge is 1.00 e. The molecule has 0 amide bonds. The number of rotatable bonds is 16. The molecule has 0 radical (unpaired) electrons. The van der Waals surface area contributed by atoms with Crippen LogP contribution < -0.4 is 26.5 Å².